The second-order valence-electron chi connectivity index (χ2n) is 6.73. The van der Waals surface area contributed by atoms with Gasteiger partial charge in [0.2, 0.25) is 0 Å². The molecule has 0 radical (unpaired) electrons. The molecule has 2 N–H and O–H groups in total. The maximum Gasteiger partial charge on any atom is 0.263 e. The minimum atomic E-state index is -0.0642. The minimum absolute atomic E-state index is 0.0642. The van der Waals surface area contributed by atoms with Crippen LogP contribution in [-0.2, 0) is 11.3 Å². The van der Waals surface area contributed by atoms with Gasteiger partial charge in [-0.3, -0.25) is 9.89 Å². The van der Waals surface area contributed by atoms with Crippen LogP contribution in [0, 0.1) is 6.92 Å². The molecule has 2 aromatic heterocycles. The van der Waals surface area contributed by atoms with Crippen LogP contribution in [0.5, 0.6) is 0 Å². The van der Waals surface area contributed by atoms with Gasteiger partial charge in [-0.1, -0.05) is 24.3 Å². The highest BCUT2D eigenvalue weighted by Crippen LogP contribution is 2.30. The Hall–Kier alpha value is -2.51. The van der Waals surface area contributed by atoms with Gasteiger partial charge < -0.3 is 10.1 Å². The number of hydrogen-bond acceptors (Lipinski definition) is 5. The topological polar surface area (TPSA) is 79.9 Å². The highest BCUT2D eigenvalue weighted by Gasteiger charge is 2.23. The molecule has 0 spiro atoms. The first kappa shape index (κ1) is 17.9. The quantitative estimate of drug-likeness (QED) is 0.706. The molecule has 1 aliphatic heterocycles. The molecule has 1 aromatic carbocycles. The summed E-state index contributed by atoms with van der Waals surface area (Å²) in [7, 11) is 0. The number of carbonyl (C=O) groups excluding carboxylic acids is 1. The Bertz CT molecular complexity index is 897. The first-order valence-electron chi connectivity index (χ1n) is 9.12. The summed E-state index contributed by atoms with van der Waals surface area (Å²) in [6.45, 7) is 3.92. The van der Waals surface area contributed by atoms with Crippen LogP contribution in [0.1, 0.15) is 44.7 Å². The Morgan fingerprint density at radius 1 is 1.33 bits per heavy atom. The second kappa shape index (κ2) is 8.02. The molecular formula is C20H22N4O2S. The third-order valence-corrected chi connectivity index (χ3v) is 6.07. The summed E-state index contributed by atoms with van der Waals surface area (Å²) in [4.78, 5) is 17.9. The zero-order chi connectivity index (χ0) is 18.6. The van der Waals surface area contributed by atoms with Crippen LogP contribution in [0.15, 0.2) is 36.5 Å². The summed E-state index contributed by atoms with van der Waals surface area (Å²) in [6.07, 6.45) is 3.87. The normalized spacial score (nSPS) is 17.0. The van der Waals surface area contributed by atoms with Crippen molar-refractivity contribution in [2.75, 3.05) is 13.2 Å². The van der Waals surface area contributed by atoms with E-state index in [0.717, 1.165) is 47.0 Å². The molecule has 0 saturated carbocycles. The fourth-order valence-corrected chi connectivity index (χ4v) is 4.32. The smallest absolute Gasteiger partial charge is 0.263 e. The molecule has 4 rings (SSSR count). The Balaban J connectivity index is 1.38. The van der Waals surface area contributed by atoms with E-state index >= 15 is 0 Å². The predicted octanol–water partition coefficient (Wildman–Crippen LogP) is 3.67. The molecule has 1 fully saturated rings. The van der Waals surface area contributed by atoms with Gasteiger partial charge in [-0.2, -0.15) is 5.10 Å². The van der Waals surface area contributed by atoms with E-state index < -0.39 is 0 Å². The lowest BCUT2D eigenvalue weighted by molar-refractivity contribution is 0.0803. The van der Waals surface area contributed by atoms with Gasteiger partial charge in [0.1, 0.15) is 4.88 Å². The average molecular weight is 382 g/mol. The number of aromatic nitrogens is 3. The average Bonchev–Trinajstić information content (AvgIpc) is 3.37. The molecular weight excluding hydrogens is 360 g/mol. The number of hydrogen-bond donors (Lipinski definition) is 2. The molecule has 0 bridgehead atoms. The van der Waals surface area contributed by atoms with Gasteiger partial charge in [-0.15, -0.1) is 11.3 Å². The third-order valence-electron chi connectivity index (χ3n) is 4.75. The Kier molecular flexibility index (Phi) is 5.31. The first-order chi connectivity index (χ1) is 13.2. The van der Waals surface area contributed by atoms with Crippen molar-refractivity contribution in [2.24, 2.45) is 0 Å². The van der Waals surface area contributed by atoms with Gasteiger partial charge in [0.15, 0.2) is 0 Å². The standard InChI is InChI=1S/C20H22N4O2S/c1-13-18(27-20(23-13)16-3-2-10-26-12-16)19(25)21-11-14-4-6-15(7-5-14)17-8-9-22-24-17/h4-9,16H,2-3,10-12H2,1H3,(H,21,25)(H,22,24). The summed E-state index contributed by atoms with van der Waals surface area (Å²) >= 11 is 1.50. The predicted molar refractivity (Wildman–Crippen MR) is 105 cm³/mol. The third kappa shape index (κ3) is 4.09. The van der Waals surface area contributed by atoms with Crippen LogP contribution in [0.4, 0.5) is 0 Å². The SMILES string of the molecule is Cc1nc(C2CCCOC2)sc1C(=O)NCc1ccc(-c2ccn[nH]2)cc1. The summed E-state index contributed by atoms with van der Waals surface area (Å²) in [6, 6.07) is 10.0. The van der Waals surface area contributed by atoms with E-state index in [4.69, 9.17) is 4.74 Å². The maximum absolute atomic E-state index is 12.6. The van der Waals surface area contributed by atoms with E-state index in [9.17, 15) is 4.79 Å². The number of aromatic amines is 1. The number of rotatable bonds is 5. The Morgan fingerprint density at radius 2 is 2.19 bits per heavy atom. The molecule has 3 heterocycles. The van der Waals surface area contributed by atoms with Crippen molar-refractivity contribution in [3.63, 3.8) is 0 Å². The van der Waals surface area contributed by atoms with E-state index in [1.165, 1.54) is 11.3 Å². The number of nitrogens with one attached hydrogen (secondary N) is 2. The number of carbonyl (C=O) groups is 1. The Labute approximate surface area is 162 Å². The molecule has 1 aliphatic rings. The Morgan fingerprint density at radius 3 is 2.89 bits per heavy atom. The summed E-state index contributed by atoms with van der Waals surface area (Å²) < 4.78 is 5.55. The summed E-state index contributed by atoms with van der Waals surface area (Å²) in [5.41, 5.74) is 3.90. The van der Waals surface area contributed by atoms with Crippen molar-refractivity contribution < 1.29 is 9.53 Å². The molecule has 3 aromatic rings. The zero-order valence-corrected chi connectivity index (χ0v) is 16.0. The van der Waals surface area contributed by atoms with Crippen molar-refractivity contribution in [3.05, 3.63) is 57.7 Å². The first-order valence-corrected chi connectivity index (χ1v) is 9.94. The molecule has 0 aliphatic carbocycles. The lowest BCUT2D eigenvalue weighted by Crippen LogP contribution is -2.22. The van der Waals surface area contributed by atoms with Crippen LogP contribution in [0.25, 0.3) is 11.3 Å². The van der Waals surface area contributed by atoms with E-state index in [-0.39, 0.29) is 5.91 Å². The highest BCUT2D eigenvalue weighted by atomic mass is 32.1. The highest BCUT2D eigenvalue weighted by molar-refractivity contribution is 7.13. The van der Waals surface area contributed by atoms with Crippen molar-refractivity contribution in [1.29, 1.82) is 0 Å². The number of benzene rings is 1. The fraction of sp³-hybridized carbons (Fsp3) is 0.350. The molecule has 1 amide bonds. The van der Waals surface area contributed by atoms with Gasteiger partial charge in [0.25, 0.3) is 5.91 Å². The lowest BCUT2D eigenvalue weighted by atomic mass is 10.0. The minimum Gasteiger partial charge on any atom is -0.381 e. The molecule has 1 atom stereocenters. The van der Waals surface area contributed by atoms with Gasteiger partial charge in [-0.05, 0) is 37.0 Å². The van der Waals surface area contributed by atoms with Gasteiger partial charge >= 0.3 is 0 Å². The number of nitrogens with zero attached hydrogens (tertiary/aromatic N) is 2. The number of aryl methyl sites for hydroxylation is 1. The number of ether oxygens (including phenoxy) is 1. The monoisotopic (exact) mass is 382 g/mol. The van der Waals surface area contributed by atoms with E-state index in [2.05, 4.69) is 20.5 Å². The van der Waals surface area contributed by atoms with Crippen molar-refractivity contribution in [1.82, 2.24) is 20.5 Å². The largest absolute Gasteiger partial charge is 0.381 e. The molecule has 1 saturated heterocycles. The van der Waals surface area contributed by atoms with Crippen molar-refractivity contribution in [2.45, 2.75) is 32.2 Å². The number of H-pyrrole nitrogens is 1. The zero-order valence-electron chi connectivity index (χ0n) is 15.2. The van der Waals surface area contributed by atoms with Crippen molar-refractivity contribution >= 4 is 17.2 Å². The van der Waals surface area contributed by atoms with Crippen molar-refractivity contribution in [3.8, 4) is 11.3 Å². The number of thiazole rings is 1. The molecule has 6 nitrogen and oxygen atoms in total. The summed E-state index contributed by atoms with van der Waals surface area (Å²) in [5.74, 6) is 0.254. The molecule has 1 unspecified atom stereocenters. The van der Waals surface area contributed by atoms with Crippen LogP contribution in [-0.4, -0.2) is 34.3 Å². The van der Waals surface area contributed by atoms with E-state index in [1.54, 1.807) is 6.20 Å². The molecule has 7 heteroatoms. The van der Waals surface area contributed by atoms with Crippen LogP contribution in [0.2, 0.25) is 0 Å². The maximum atomic E-state index is 12.6. The van der Waals surface area contributed by atoms with E-state index in [0.29, 0.717) is 23.9 Å². The van der Waals surface area contributed by atoms with E-state index in [1.807, 2.05) is 37.3 Å². The lowest BCUT2D eigenvalue weighted by Gasteiger charge is -2.19. The summed E-state index contributed by atoms with van der Waals surface area (Å²) in [5, 5.41) is 10.9. The fourth-order valence-electron chi connectivity index (χ4n) is 3.22. The van der Waals surface area contributed by atoms with Gasteiger partial charge in [0.05, 0.1) is 23.0 Å². The second-order valence-corrected chi connectivity index (χ2v) is 7.76. The van der Waals surface area contributed by atoms with Gasteiger partial charge in [-0.25, -0.2) is 4.98 Å². The van der Waals surface area contributed by atoms with Gasteiger partial charge in [0, 0.05) is 25.3 Å². The number of amides is 1. The van der Waals surface area contributed by atoms with Crippen LogP contribution >= 0.6 is 11.3 Å². The van der Waals surface area contributed by atoms with Crippen LogP contribution in [0.3, 0.4) is 0 Å². The molecule has 140 valence electrons. The van der Waals surface area contributed by atoms with Crippen LogP contribution < -0.4 is 5.32 Å². The molecule has 27 heavy (non-hydrogen) atoms.